The Labute approximate surface area is 498 Å². The average molecular weight is 1040 g/mol. The predicted octanol–water partition coefficient (Wildman–Crippen LogP) is 17.6. The summed E-state index contributed by atoms with van der Waals surface area (Å²) in [7, 11) is 0. The van der Waals surface area contributed by atoms with E-state index in [1.165, 1.54) is 9.47 Å². The lowest BCUT2D eigenvalue weighted by Gasteiger charge is -2.46. The SMILES string of the molecule is [2H]c1c([2H])c2c3c(c1[2H])-n1c4c([2H])c([2H])c(C(C)(C)C)c([2H])c4c4c([2H])c(C(C)(C)C)c([2H])c(c41)N3c1c([2H])c(C#N)c([2H])c3c1B2c1c([2H])c([2H])c(N(c2c([2H])c([2H])c(C(C)(C)C)c([2H])c2[2H])c2c([2H])c([2H])c(C(C)(C)C)c([2H])c2[2H])c([2H])c1N3c1c([2H])c([2H])c([2H])c2c1oc1c([2H])c([2H])c([2H])c([2H])c12. The Bertz CT molecular complexity index is 5970. The molecule has 0 unspecified atom stereocenters. The summed E-state index contributed by atoms with van der Waals surface area (Å²) in [4.78, 5) is 2.66. The first-order valence-corrected chi connectivity index (χ1v) is 25.4. The summed E-state index contributed by atoms with van der Waals surface area (Å²) >= 11 is 0. The Morgan fingerprint density at radius 1 is 0.462 bits per heavy atom. The Morgan fingerprint density at radius 3 is 1.69 bits per heavy atom. The summed E-state index contributed by atoms with van der Waals surface area (Å²) in [6.45, 7) is 17.8. The van der Waals surface area contributed by atoms with Gasteiger partial charge >= 0.3 is 0 Å². The average Bonchev–Trinajstić information content (AvgIpc) is 1.19. The van der Waals surface area contributed by atoms with E-state index in [4.69, 9.17) is 8.53 Å². The van der Waals surface area contributed by atoms with E-state index in [0.717, 1.165) is 4.90 Å². The molecule has 3 aliphatic heterocycles. The smallest absolute Gasteiger partial charge is 0.252 e. The number of hydrogen-bond acceptors (Lipinski definition) is 5. The molecule has 0 radical (unpaired) electrons. The largest absolute Gasteiger partial charge is 0.454 e. The second kappa shape index (κ2) is 16.3. The van der Waals surface area contributed by atoms with Crippen molar-refractivity contribution in [2.45, 2.75) is 105 Å². The minimum atomic E-state index is -2.09. The molecular weight excluding hydrogens is 950 g/mol. The summed E-state index contributed by atoms with van der Waals surface area (Å²) in [6, 6.07) is -20.8. The first-order valence-electron chi connectivity index (χ1n) is 39.4. The molecule has 0 saturated carbocycles. The molecule has 0 amide bonds. The van der Waals surface area contributed by atoms with Gasteiger partial charge in [-0.3, -0.25) is 0 Å². The van der Waals surface area contributed by atoms with E-state index < -0.39 is 275 Å². The molecule has 0 atom stereocenters. The third kappa shape index (κ3) is 7.01. The van der Waals surface area contributed by atoms with Gasteiger partial charge in [-0.15, -0.1) is 0 Å². The molecular formula is C71H64BN5O. The van der Waals surface area contributed by atoms with Crippen LogP contribution in [0.25, 0.3) is 49.4 Å². The standard InChI is InChI=1S/C71H64BN5O/c1-68(2,3)43-23-28-47(29-24-43)74(48-30-25-44(26-31-48)69(4,5)6)49-32-33-54-59(40-49)75(58-21-15-18-51-50-17-13-14-22-63(50)78-67(51)58)60-35-42(41-73)36-61-64(60)72(54)55-19-16-20-57-66(55)77(61)62-39-46(71(10,11)12)38-53-52-37-45(70(7,8)9)27-34-56(52)76(57)65(53)62/h13-40H,1-12H3/i13D,14D,15D,16D,17D,18D,19D,20D,21D,22D,23D,24D,25D,26D,27D,28D,29D,30D,31D,32D,33D,34D,35D,36D,37D,38D,39D,40D. The maximum atomic E-state index is 11.7. The van der Waals surface area contributed by atoms with Crippen LogP contribution in [-0.2, 0) is 21.7 Å². The summed E-state index contributed by atoms with van der Waals surface area (Å²) < 4.78 is 286. The lowest BCUT2D eigenvalue weighted by molar-refractivity contribution is 0.590. The minimum absolute atomic E-state index is 0.00902. The van der Waals surface area contributed by atoms with Crippen LogP contribution in [0.2, 0.25) is 0 Å². The van der Waals surface area contributed by atoms with Gasteiger partial charge < -0.3 is 23.7 Å². The van der Waals surface area contributed by atoms with Gasteiger partial charge in [0.2, 0.25) is 0 Å². The van der Waals surface area contributed by atoms with Crippen molar-refractivity contribution in [1.29, 1.82) is 5.26 Å². The predicted molar refractivity (Wildman–Crippen MR) is 330 cm³/mol. The van der Waals surface area contributed by atoms with Crippen LogP contribution in [0.3, 0.4) is 0 Å². The van der Waals surface area contributed by atoms with Gasteiger partial charge in [-0.25, -0.2) is 0 Å². The summed E-state index contributed by atoms with van der Waals surface area (Å²) in [6.07, 6.45) is 0. The maximum Gasteiger partial charge on any atom is 0.252 e. The normalized spacial score (nSPS) is 18.8. The first-order chi connectivity index (χ1) is 48.9. The van der Waals surface area contributed by atoms with Crippen molar-refractivity contribution in [2.24, 2.45) is 0 Å². The molecule has 11 aromatic rings. The van der Waals surface area contributed by atoms with Crippen molar-refractivity contribution in [2.75, 3.05) is 14.7 Å². The lowest BCUT2D eigenvalue weighted by Crippen LogP contribution is -2.61. The summed E-state index contributed by atoms with van der Waals surface area (Å²) in [5.74, 6) is 0. The van der Waals surface area contributed by atoms with Crippen LogP contribution >= 0.6 is 0 Å². The van der Waals surface area contributed by atoms with E-state index in [-0.39, 0.29) is 67.5 Å². The van der Waals surface area contributed by atoms with Gasteiger partial charge in [0.1, 0.15) is 5.58 Å². The highest BCUT2D eigenvalue weighted by atomic mass is 16.3. The van der Waals surface area contributed by atoms with Crippen molar-refractivity contribution in [3.8, 4) is 11.8 Å². The molecule has 382 valence electrons. The molecule has 0 saturated heterocycles. The van der Waals surface area contributed by atoms with Crippen LogP contribution in [0.5, 0.6) is 0 Å². The highest BCUT2D eigenvalue weighted by Gasteiger charge is 2.47. The molecule has 9 aromatic carbocycles. The van der Waals surface area contributed by atoms with Gasteiger partial charge in [-0.2, -0.15) is 5.26 Å². The summed E-state index contributed by atoms with van der Waals surface area (Å²) in [5.41, 5.74) is -16.0. The molecule has 0 aliphatic carbocycles. The third-order valence-corrected chi connectivity index (χ3v) is 14.5. The summed E-state index contributed by atoms with van der Waals surface area (Å²) in [5, 5.41) is 10.4. The molecule has 2 aromatic heterocycles. The van der Waals surface area contributed by atoms with Crippen molar-refractivity contribution >= 4 is 118 Å². The number of nitrogens with zero attached hydrogens (tertiary/aromatic N) is 5. The molecule has 78 heavy (non-hydrogen) atoms. The minimum Gasteiger partial charge on any atom is -0.454 e. The number of para-hydroxylation sites is 3. The van der Waals surface area contributed by atoms with Crippen LogP contribution < -0.4 is 31.1 Å². The Kier molecular flexibility index (Phi) is 5.58. The monoisotopic (exact) mass is 1040 g/mol. The van der Waals surface area contributed by atoms with Gasteiger partial charge in [0.25, 0.3) is 6.71 Å². The zero-order valence-corrected chi connectivity index (χ0v) is 44.7. The van der Waals surface area contributed by atoms with Gasteiger partial charge in [0, 0.05) is 55.7 Å². The van der Waals surface area contributed by atoms with Gasteiger partial charge in [0.05, 0.1) is 83.8 Å². The maximum absolute atomic E-state index is 11.7. The van der Waals surface area contributed by atoms with E-state index in [9.17, 15) is 39.5 Å². The van der Waals surface area contributed by atoms with Crippen molar-refractivity contribution < 1.29 is 42.8 Å². The van der Waals surface area contributed by atoms with Crippen LogP contribution in [0, 0.1) is 11.3 Å². The highest BCUT2D eigenvalue weighted by molar-refractivity contribution is 7.00. The van der Waals surface area contributed by atoms with Crippen LogP contribution in [0.1, 0.15) is 149 Å². The molecule has 3 aliphatic rings. The van der Waals surface area contributed by atoms with E-state index in [1.54, 1.807) is 83.1 Å². The number of hydrogen-bond donors (Lipinski definition) is 0. The molecule has 6 nitrogen and oxygen atoms in total. The van der Waals surface area contributed by atoms with Crippen LogP contribution in [-0.4, -0.2) is 11.3 Å². The molecule has 14 rings (SSSR count). The number of benzene rings is 9. The van der Waals surface area contributed by atoms with E-state index in [0.29, 0.717) is 4.90 Å². The quantitative estimate of drug-likeness (QED) is 0.164. The van der Waals surface area contributed by atoms with Crippen LogP contribution in [0.4, 0.5) is 51.2 Å². The molecule has 7 heteroatoms. The fraction of sp³-hybridized carbons (Fsp3) is 0.225. The van der Waals surface area contributed by atoms with Gasteiger partial charge in [0.15, 0.2) is 5.58 Å². The van der Waals surface area contributed by atoms with Crippen LogP contribution in [0.15, 0.2) is 174 Å². The number of nitriles is 1. The molecule has 0 bridgehead atoms. The fourth-order valence-corrected chi connectivity index (χ4v) is 10.5. The Morgan fingerprint density at radius 2 is 1.04 bits per heavy atom. The second-order valence-corrected chi connectivity index (χ2v) is 23.9. The molecule has 5 heterocycles. The molecule has 0 N–H and O–H groups in total. The van der Waals surface area contributed by atoms with E-state index in [2.05, 4.69) is 0 Å². The number of fused-ring (bicyclic) bond motifs is 12. The molecule has 0 fully saturated rings. The number of rotatable bonds is 4. The Balaban J connectivity index is 1.30. The van der Waals surface area contributed by atoms with Crippen molar-refractivity contribution in [1.82, 2.24) is 4.57 Å². The number of anilines is 9. The van der Waals surface area contributed by atoms with Crippen molar-refractivity contribution in [3.63, 3.8) is 0 Å². The highest BCUT2D eigenvalue weighted by Crippen LogP contribution is 2.55. The van der Waals surface area contributed by atoms with Gasteiger partial charge in [-0.05, 0) is 151 Å². The van der Waals surface area contributed by atoms with E-state index in [1.807, 2.05) is 6.07 Å². The first kappa shape index (κ1) is 26.7. The van der Waals surface area contributed by atoms with Crippen molar-refractivity contribution in [3.05, 3.63) is 197 Å². The Hall–Kier alpha value is -8.47. The molecule has 0 spiro atoms. The van der Waals surface area contributed by atoms with Gasteiger partial charge in [-0.1, -0.05) is 162 Å². The zero-order chi connectivity index (χ0) is 78.5. The number of furan rings is 1. The topological polar surface area (TPSA) is 51.6 Å². The fourth-order valence-electron chi connectivity index (χ4n) is 10.5. The second-order valence-electron chi connectivity index (χ2n) is 23.9. The van der Waals surface area contributed by atoms with E-state index >= 15 is 0 Å². The zero-order valence-electron chi connectivity index (χ0n) is 72.7. The number of aromatic nitrogens is 1. The third-order valence-electron chi connectivity index (χ3n) is 14.5. The lowest BCUT2D eigenvalue weighted by atomic mass is 9.33.